The van der Waals surface area contributed by atoms with Gasteiger partial charge in [-0.25, -0.2) is 8.42 Å². The summed E-state index contributed by atoms with van der Waals surface area (Å²) in [5, 5.41) is 0. The second kappa shape index (κ2) is 10.8. The molecule has 1 heterocycles. The standard InChI is InChI=1S/C24H32N2O4S/c1-20-7-3-4-8-21(20)19-25-14-6-15-26(17-16-25)24(27)9-5-18-30-22-10-12-23(13-11-22)31(2,28)29/h3-4,7-8,10-13H,5-6,9,14-19H2,1-2H3. The van der Waals surface area contributed by atoms with E-state index in [9.17, 15) is 13.2 Å². The second-order valence-corrected chi connectivity index (χ2v) is 10.1. The van der Waals surface area contributed by atoms with Crippen LogP contribution in [0.2, 0.25) is 0 Å². The lowest BCUT2D eigenvalue weighted by molar-refractivity contribution is -0.131. The summed E-state index contributed by atoms with van der Waals surface area (Å²) >= 11 is 0. The van der Waals surface area contributed by atoms with Crippen LogP contribution in [0.25, 0.3) is 0 Å². The quantitative estimate of drug-likeness (QED) is 0.585. The molecule has 168 valence electrons. The molecular formula is C24H32N2O4S. The Morgan fingerprint density at radius 1 is 1.00 bits per heavy atom. The first-order valence-electron chi connectivity index (χ1n) is 10.8. The predicted octanol–water partition coefficient (Wildman–Crippen LogP) is 3.29. The summed E-state index contributed by atoms with van der Waals surface area (Å²) in [6, 6.07) is 14.8. The maximum absolute atomic E-state index is 12.6. The summed E-state index contributed by atoms with van der Waals surface area (Å²) in [5.74, 6) is 0.787. The molecule has 0 spiro atoms. The van der Waals surface area contributed by atoms with Gasteiger partial charge in [0, 0.05) is 45.4 Å². The summed E-state index contributed by atoms with van der Waals surface area (Å²) in [6.45, 7) is 6.96. The summed E-state index contributed by atoms with van der Waals surface area (Å²) in [7, 11) is -3.20. The number of carbonyl (C=O) groups excluding carboxylic acids is 1. The third-order valence-electron chi connectivity index (χ3n) is 5.65. The molecule has 1 saturated heterocycles. The highest BCUT2D eigenvalue weighted by molar-refractivity contribution is 7.90. The normalized spacial score (nSPS) is 15.5. The van der Waals surface area contributed by atoms with E-state index in [2.05, 4.69) is 36.1 Å². The van der Waals surface area contributed by atoms with Gasteiger partial charge in [0.05, 0.1) is 11.5 Å². The van der Waals surface area contributed by atoms with Crippen molar-refractivity contribution in [1.82, 2.24) is 9.80 Å². The molecule has 1 amide bonds. The van der Waals surface area contributed by atoms with Gasteiger partial charge in [0.15, 0.2) is 9.84 Å². The molecule has 3 rings (SSSR count). The molecule has 0 atom stereocenters. The fourth-order valence-corrected chi connectivity index (χ4v) is 4.39. The first-order chi connectivity index (χ1) is 14.8. The van der Waals surface area contributed by atoms with E-state index in [1.54, 1.807) is 12.1 Å². The Labute approximate surface area is 185 Å². The first kappa shape index (κ1) is 23.3. The third-order valence-corrected chi connectivity index (χ3v) is 6.78. The lowest BCUT2D eigenvalue weighted by Crippen LogP contribution is -2.35. The SMILES string of the molecule is Cc1ccccc1CN1CCCN(C(=O)CCCOc2ccc(S(C)(=O)=O)cc2)CC1. The number of rotatable bonds is 8. The zero-order chi connectivity index (χ0) is 22.3. The Morgan fingerprint density at radius 2 is 1.74 bits per heavy atom. The molecule has 7 heteroatoms. The monoisotopic (exact) mass is 444 g/mol. The van der Waals surface area contributed by atoms with E-state index in [0.717, 1.165) is 39.1 Å². The van der Waals surface area contributed by atoms with Crippen LogP contribution in [0.3, 0.4) is 0 Å². The van der Waals surface area contributed by atoms with Crippen molar-refractivity contribution in [2.24, 2.45) is 0 Å². The van der Waals surface area contributed by atoms with Gasteiger partial charge >= 0.3 is 0 Å². The van der Waals surface area contributed by atoms with Crippen molar-refractivity contribution in [3.8, 4) is 5.75 Å². The van der Waals surface area contributed by atoms with E-state index in [0.29, 0.717) is 25.2 Å². The van der Waals surface area contributed by atoms with Crippen molar-refractivity contribution in [2.45, 2.75) is 37.6 Å². The average molecular weight is 445 g/mol. The number of amides is 1. The molecule has 2 aromatic rings. The highest BCUT2D eigenvalue weighted by Crippen LogP contribution is 2.17. The van der Waals surface area contributed by atoms with Crippen LogP contribution in [0, 0.1) is 6.92 Å². The highest BCUT2D eigenvalue weighted by Gasteiger charge is 2.19. The van der Waals surface area contributed by atoms with E-state index in [1.807, 2.05) is 4.90 Å². The molecule has 0 bridgehead atoms. The number of nitrogens with zero attached hydrogens (tertiary/aromatic N) is 2. The van der Waals surface area contributed by atoms with Gasteiger partial charge in [-0.15, -0.1) is 0 Å². The number of aryl methyl sites for hydroxylation is 1. The Hall–Kier alpha value is -2.38. The molecule has 1 aliphatic rings. The topological polar surface area (TPSA) is 66.9 Å². The molecule has 0 aromatic heterocycles. The number of benzene rings is 2. The van der Waals surface area contributed by atoms with Gasteiger partial charge in [-0.2, -0.15) is 0 Å². The van der Waals surface area contributed by atoms with E-state index >= 15 is 0 Å². The highest BCUT2D eigenvalue weighted by atomic mass is 32.2. The summed E-state index contributed by atoms with van der Waals surface area (Å²) < 4.78 is 28.6. The predicted molar refractivity (Wildman–Crippen MR) is 122 cm³/mol. The van der Waals surface area contributed by atoms with Crippen LogP contribution in [0.1, 0.15) is 30.4 Å². The molecule has 31 heavy (non-hydrogen) atoms. The second-order valence-electron chi connectivity index (χ2n) is 8.13. The molecule has 0 radical (unpaired) electrons. The number of hydrogen-bond donors (Lipinski definition) is 0. The number of hydrogen-bond acceptors (Lipinski definition) is 5. The molecular weight excluding hydrogens is 412 g/mol. The fourth-order valence-electron chi connectivity index (χ4n) is 3.76. The lowest BCUT2D eigenvalue weighted by Gasteiger charge is -2.22. The molecule has 0 aliphatic carbocycles. The molecule has 1 aliphatic heterocycles. The average Bonchev–Trinajstić information content (AvgIpc) is 2.98. The van der Waals surface area contributed by atoms with Gasteiger partial charge in [0.25, 0.3) is 0 Å². The van der Waals surface area contributed by atoms with Gasteiger partial charge in [-0.3, -0.25) is 9.69 Å². The van der Waals surface area contributed by atoms with Crippen LogP contribution in [0.5, 0.6) is 5.75 Å². The van der Waals surface area contributed by atoms with Gasteiger partial charge in [0.1, 0.15) is 5.75 Å². The fraction of sp³-hybridized carbons (Fsp3) is 0.458. The van der Waals surface area contributed by atoms with E-state index in [1.165, 1.54) is 29.5 Å². The van der Waals surface area contributed by atoms with Crippen molar-refractivity contribution in [3.05, 3.63) is 59.7 Å². The lowest BCUT2D eigenvalue weighted by atomic mass is 10.1. The molecule has 1 fully saturated rings. The minimum atomic E-state index is -3.20. The largest absolute Gasteiger partial charge is 0.494 e. The molecule has 0 N–H and O–H groups in total. The summed E-state index contributed by atoms with van der Waals surface area (Å²) in [4.78, 5) is 17.3. The van der Waals surface area contributed by atoms with Crippen LogP contribution in [-0.2, 0) is 21.2 Å². The van der Waals surface area contributed by atoms with Gasteiger partial charge in [0.2, 0.25) is 5.91 Å². The van der Waals surface area contributed by atoms with Crippen LogP contribution < -0.4 is 4.74 Å². The minimum absolute atomic E-state index is 0.175. The molecule has 0 unspecified atom stereocenters. The van der Waals surface area contributed by atoms with Gasteiger partial charge in [-0.05, 0) is 55.2 Å². The third kappa shape index (κ3) is 7.08. The van der Waals surface area contributed by atoms with Gasteiger partial charge in [-0.1, -0.05) is 24.3 Å². The zero-order valence-corrected chi connectivity index (χ0v) is 19.2. The number of carbonyl (C=O) groups is 1. The summed E-state index contributed by atoms with van der Waals surface area (Å²) in [6.07, 6.45) is 3.26. The van der Waals surface area contributed by atoms with Crippen LogP contribution >= 0.6 is 0 Å². The van der Waals surface area contributed by atoms with Crippen molar-refractivity contribution in [1.29, 1.82) is 0 Å². The first-order valence-corrected chi connectivity index (χ1v) is 12.7. The minimum Gasteiger partial charge on any atom is -0.494 e. The molecule has 6 nitrogen and oxygen atoms in total. The van der Waals surface area contributed by atoms with Gasteiger partial charge < -0.3 is 9.64 Å². The molecule has 0 saturated carbocycles. The summed E-state index contributed by atoms with van der Waals surface area (Å²) in [5.41, 5.74) is 2.66. The van der Waals surface area contributed by atoms with Crippen LogP contribution in [0.15, 0.2) is 53.4 Å². The van der Waals surface area contributed by atoms with Crippen LogP contribution in [0.4, 0.5) is 0 Å². The maximum atomic E-state index is 12.6. The zero-order valence-electron chi connectivity index (χ0n) is 18.4. The van der Waals surface area contributed by atoms with Crippen molar-refractivity contribution in [2.75, 3.05) is 39.0 Å². The maximum Gasteiger partial charge on any atom is 0.222 e. The Kier molecular flexibility index (Phi) is 8.09. The van der Waals surface area contributed by atoms with Crippen molar-refractivity contribution < 1.29 is 17.9 Å². The van der Waals surface area contributed by atoms with E-state index in [-0.39, 0.29) is 10.8 Å². The Balaban J connectivity index is 1.39. The van der Waals surface area contributed by atoms with Crippen molar-refractivity contribution >= 4 is 15.7 Å². The van der Waals surface area contributed by atoms with E-state index < -0.39 is 9.84 Å². The van der Waals surface area contributed by atoms with Crippen LogP contribution in [-0.4, -0.2) is 63.2 Å². The van der Waals surface area contributed by atoms with Crippen molar-refractivity contribution in [3.63, 3.8) is 0 Å². The molecule has 2 aromatic carbocycles. The Bertz CT molecular complexity index is 973. The van der Waals surface area contributed by atoms with E-state index in [4.69, 9.17) is 4.74 Å². The Morgan fingerprint density at radius 3 is 2.45 bits per heavy atom. The number of ether oxygens (including phenoxy) is 1. The number of sulfone groups is 1. The smallest absolute Gasteiger partial charge is 0.222 e.